The molecule has 5 heteroatoms. The number of anilines is 3. The number of nitrogens with one attached hydrogen (secondary N) is 1. The Hall–Kier alpha value is -2.14. The standard InChI is InChI=1S/C26H37N3O.C2H6S/c1-25(2,3)26(4,5)20-12-10-18(11-13-20)17-6-8-19(9-7-17)24(30)29-23-15-14-21(27)16-22(23)28;1-3-2/h6-9,14-16,18,20H,10-13,27-28H2,1-5H3,(H,29,30);1-2H3. The zero-order valence-electron chi connectivity index (χ0n) is 21.5. The van der Waals surface area contributed by atoms with Crippen LogP contribution >= 0.6 is 11.8 Å². The molecule has 0 aromatic heterocycles. The topological polar surface area (TPSA) is 81.1 Å². The van der Waals surface area contributed by atoms with E-state index in [0.717, 1.165) is 5.92 Å². The van der Waals surface area contributed by atoms with E-state index in [2.05, 4.69) is 52.1 Å². The molecular weight excluding hydrogens is 426 g/mol. The number of carbonyl (C=O) groups is 1. The van der Waals surface area contributed by atoms with Gasteiger partial charge in [-0.2, -0.15) is 11.8 Å². The predicted molar refractivity (Wildman–Crippen MR) is 147 cm³/mol. The molecule has 2 aromatic rings. The van der Waals surface area contributed by atoms with Crippen molar-refractivity contribution in [2.24, 2.45) is 16.7 Å². The number of hydrogen-bond acceptors (Lipinski definition) is 4. The summed E-state index contributed by atoms with van der Waals surface area (Å²) in [4.78, 5) is 12.6. The van der Waals surface area contributed by atoms with Crippen molar-refractivity contribution in [2.75, 3.05) is 29.3 Å². The molecule has 0 radical (unpaired) electrons. The van der Waals surface area contributed by atoms with Crippen LogP contribution in [0.3, 0.4) is 0 Å². The Labute approximate surface area is 205 Å². The largest absolute Gasteiger partial charge is 0.399 e. The van der Waals surface area contributed by atoms with Gasteiger partial charge in [-0.15, -0.1) is 0 Å². The lowest BCUT2D eigenvalue weighted by atomic mass is 9.57. The van der Waals surface area contributed by atoms with E-state index in [1.54, 1.807) is 30.0 Å². The minimum atomic E-state index is -0.159. The van der Waals surface area contributed by atoms with Gasteiger partial charge in [-0.1, -0.05) is 46.8 Å². The van der Waals surface area contributed by atoms with Crippen molar-refractivity contribution in [3.8, 4) is 0 Å². The van der Waals surface area contributed by atoms with Crippen LogP contribution in [0.25, 0.3) is 0 Å². The van der Waals surface area contributed by atoms with Crippen LogP contribution < -0.4 is 16.8 Å². The number of nitrogens with two attached hydrogens (primary N) is 2. The van der Waals surface area contributed by atoms with Crippen molar-refractivity contribution in [3.63, 3.8) is 0 Å². The van der Waals surface area contributed by atoms with Crippen molar-refractivity contribution in [1.82, 2.24) is 0 Å². The van der Waals surface area contributed by atoms with Crippen LogP contribution in [0.1, 0.15) is 82.1 Å². The number of benzene rings is 2. The molecule has 0 bridgehead atoms. The minimum Gasteiger partial charge on any atom is -0.399 e. The summed E-state index contributed by atoms with van der Waals surface area (Å²) in [6, 6.07) is 13.2. The van der Waals surface area contributed by atoms with Crippen molar-refractivity contribution < 1.29 is 4.79 Å². The molecule has 33 heavy (non-hydrogen) atoms. The highest BCUT2D eigenvalue weighted by Gasteiger charge is 2.41. The fourth-order valence-corrected chi connectivity index (χ4v) is 4.56. The van der Waals surface area contributed by atoms with Crippen LogP contribution in [-0.2, 0) is 0 Å². The van der Waals surface area contributed by atoms with Crippen LogP contribution in [-0.4, -0.2) is 18.4 Å². The number of carbonyl (C=O) groups excluding carboxylic acids is 1. The van der Waals surface area contributed by atoms with Crippen molar-refractivity contribution in [3.05, 3.63) is 53.6 Å². The SMILES string of the molecule is CC(C)(C)C(C)(C)C1CCC(c2ccc(C(=O)Nc3ccc(N)cc3N)cc2)CC1.CSC. The Morgan fingerprint density at radius 1 is 0.909 bits per heavy atom. The Kier molecular flexibility index (Phi) is 9.30. The third-order valence-electron chi connectivity index (χ3n) is 7.65. The van der Waals surface area contributed by atoms with Crippen molar-refractivity contribution in [1.29, 1.82) is 0 Å². The summed E-state index contributed by atoms with van der Waals surface area (Å²) in [5.74, 6) is 1.19. The molecule has 1 aliphatic rings. The number of thioether (sulfide) groups is 1. The Bertz CT molecular complexity index is 908. The van der Waals surface area contributed by atoms with E-state index in [4.69, 9.17) is 11.5 Å². The smallest absolute Gasteiger partial charge is 0.255 e. The van der Waals surface area contributed by atoms with Gasteiger partial charge in [0.1, 0.15) is 0 Å². The molecule has 0 saturated heterocycles. The highest BCUT2D eigenvalue weighted by Crippen LogP contribution is 2.51. The molecule has 0 heterocycles. The van der Waals surface area contributed by atoms with E-state index < -0.39 is 0 Å². The fraction of sp³-hybridized carbons (Fsp3) is 0.536. The summed E-state index contributed by atoms with van der Waals surface area (Å²) in [6.45, 7) is 11.9. The summed E-state index contributed by atoms with van der Waals surface area (Å²) in [5, 5.41) is 2.87. The van der Waals surface area contributed by atoms with E-state index in [1.807, 2.05) is 24.6 Å². The average molecular weight is 470 g/mol. The summed E-state index contributed by atoms with van der Waals surface area (Å²) < 4.78 is 0. The van der Waals surface area contributed by atoms with Crippen LogP contribution in [0.2, 0.25) is 0 Å². The maximum atomic E-state index is 12.6. The number of hydrogen-bond donors (Lipinski definition) is 3. The molecule has 3 rings (SSSR count). The molecule has 1 saturated carbocycles. The molecule has 1 fully saturated rings. The highest BCUT2D eigenvalue weighted by molar-refractivity contribution is 7.97. The molecule has 1 aliphatic carbocycles. The van der Waals surface area contributed by atoms with Gasteiger partial charge < -0.3 is 16.8 Å². The fourth-order valence-electron chi connectivity index (χ4n) is 4.56. The third kappa shape index (κ3) is 6.92. The van der Waals surface area contributed by atoms with E-state index in [9.17, 15) is 4.79 Å². The lowest BCUT2D eigenvalue weighted by molar-refractivity contribution is 0.0295. The van der Waals surface area contributed by atoms with Gasteiger partial charge in [0.25, 0.3) is 5.91 Å². The molecule has 1 amide bonds. The molecule has 0 aliphatic heterocycles. The van der Waals surface area contributed by atoms with E-state index in [0.29, 0.717) is 39.4 Å². The quantitative estimate of drug-likeness (QED) is 0.407. The Morgan fingerprint density at radius 3 is 1.94 bits per heavy atom. The second-order valence-electron chi connectivity index (χ2n) is 10.9. The Morgan fingerprint density at radius 2 is 1.45 bits per heavy atom. The number of nitrogen functional groups attached to an aromatic ring is 2. The molecule has 0 unspecified atom stereocenters. The first-order valence-corrected chi connectivity index (χ1v) is 13.5. The van der Waals surface area contributed by atoms with Crippen molar-refractivity contribution >= 4 is 34.7 Å². The minimum absolute atomic E-state index is 0.159. The summed E-state index contributed by atoms with van der Waals surface area (Å²) >= 11 is 1.75. The average Bonchev–Trinajstić information content (AvgIpc) is 2.75. The molecule has 4 nitrogen and oxygen atoms in total. The lowest BCUT2D eigenvalue weighted by Gasteiger charge is -2.48. The first-order valence-electron chi connectivity index (χ1n) is 11.9. The second-order valence-corrected chi connectivity index (χ2v) is 11.7. The van der Waals surface area contributed by atoms with Gasteiger partial charge in [-0.25, -0.2) is 0 Å². The molecule has 0 atom stereocenters. The van der Waals surface area contributed by atoms with Gasteiger partial charge in [0.2, 0.25) is 0 Å². The van der Waals surface area contributed by atoms with Crippen molar-refractivity contribution in [2.45, 2.75) is 66.2 Å². The lowest BCUT2D eigenvalue weighted by Crippen LogP contribution is -2.38. The molecule has 5 N–H and O–H groups in total. The number of rotatable bonds is 4. The summed E-state index contributed by atoms with van der Waals surface area (Å²) in [5.41, 5.74) is 15.9. The van der Waals surface area contributed by atoms with Gasteiger partial charge >= 0.3 is 0 Å². The molecular formula is C28H43N3OS. The van der Waals surface area contributed by atoms with Crippen LogP contribution in [0, 0.1) is 16.7 Å². The first kappa shape index (κ1) is 27.1. The normalized spacial score (nSPS) is 18.8. The molecule has 0 spiro atoms. The highest BCUT2D eigenvalue weighted by atomic mass is 32.2. The zero-order valence-corrected chi connectivity index (χ0v) is 22.3. The van der Waals surface area contributed by atoms with Crippen LogP contribution in [0.15, 0.2) is 42.5 Å². The molecule has 2 aromatic carbocycles. The monoisotopic (exact) mass is 469 g/mol. The van der Waals surface area contributed by atoms with Gasteiger partial charge in [0, 0.05) is 11.3 Å². The zero-order chi connectivity index (χ0) is 24.8. The summed E-state index contributed by atoms with van der Waals surface area (Å²) in [7, 11) is 0. The van der Waals surface area contributed by atoms with Gasteiger partial charge in [-0.05, 0) is 96.8 Å². The maximum absolute atomic E-state index is 12.6. The van der Waals surface area contributed by atoms with Gasteiger partial charge in [0.15, 0.2) is 0 Å². The second kappa shape index (κ2) is 11.3. The van der Waals surface area contributed by atoms with Crippen LogP contribution in [0.5, 0.6) is 0 Å². The van der Waals surface area contributed by atoms with E-state index in [1.165, 1.54) is 31.2 Å². The third-order valence-corrected chi connectivity index (χ3v) is 7.65. The maximum Gasteiger partial charge on any atom is 0.255 e. The van der Waals surface area contributed by atoms with E-state index >= 15 is 0 Å². The number of amides is 1. The first-order chi connectivity index (χ1) is 15.4. The van der Waals surface area contributed by atoms with Gasteiger partial charge in [-0.3, -0.25) is 4.79 Å². The van der Waals surface area contributed by atoms with E-state index in [-0.39, 0.29) is 5.91 Å². The van der Waals surface area contributed by atoms with Crippen LogP contribution in [0.4, 0.5) is 17.1 Å². The summed E-state index contributed by atoms with van der Waals surface area (Å²) in [6.07, 6.45) is 9.07. The predicted octanol–water partition coefficient (Wildman–Crippen LogP) is 7.43. The van der Waals surface area contributed by atoms with Gasteiger partial charge in [0.05, 0.1) is 11.4 Å². The molecule has 182 valence electrons. The Balaban J connectivity index is 0.00000122.